The Bertz CT molecular complexity index is 184. The minimum atomic E-state index is -0.261. The van der Waals surface area contributed by atoms with Crippen molar-refractivity contribution in [2.75, 3.05) is 6.61 Å². The van der Waals surface area contributed by atoms with Crippen LogP contribution in [0.25, 0.3) is 0 Å². The lowest BCUT2D eigenvalue weighted by Gasteiger charge is -2.25. The van der Waals surface area contributed by atoms with Gasteiger partial charge in [-0.3, -0.25) is 4.79 Å². The number of carbonyl (C=O) groups excluding carboxylic acids is 1. The van der Waals surface area contributed by atoms with Crippen molar-refractivity contribution in [3.63, 3.8) is 0 Å². The molecule has 0 bridgehead atoms. The van der Waals surface area contributed by atoms with E-state index in [2.05, 4.69) is 6.92 Å². The van der Waals surface area contributed by atoms with Gasteiger partial charge in [0.05, 0.1) is 18.1 Å². The molecule has 2 N–H and O–H groups in total. The van der Waals surface area contributed by atoms with Gasteiger partial charge >= 0.3 is 0 Å². The summed E-state index contributed by atoms with van der Waals surface area (Å²) < 4.78 is 5.57. The van der Waals surface area contributed by atoms with E-state index in [9.17, 15) is 4.79 Å². The third-order valence-electron chi connectivity index (χ3n) is 2.39. The molecule has 0 rings (SSSR count). The van der Waals surface area contributed by atoms with Crippen molar-refractivity contribution in [1.82, 2.24) is 0 Å². The first-order chi connectivity index (χ1) is 6.28. The lowest BCUT2D eigenvalue weighted by molar-refractivity contribution is -0.128. The molecule has 0 aliphatic heterocycles. The van der Waals surface area contributed by atoms with Crippen molar-refractivity contribution in [1.29, 1.82) is 0 Å². The number of amides is 1. The number of hydrogen-bond acceptors (Lipinski definition) is 2. The Balaban J connectivity index is 4.18. The summed E-state index contributed by atoms with van der Waals surface area (Å²) in [6.45, 7) is 10.4. The van der Waals surface area contributed by atoms with Gasteiger partial charge in [0.2, 0.25) is 5.91 Å². The molecule has 0 fully saturated rings. The van der Waals surface area contributed by atoms with Gasteiger partial charge in [0.1, 0.15) is 0 Å². The van der Waals surface area contributed by atoms with Crippen LogP contribution >= 0.6 is 0 Å². The summed E-state index contributed by atoms with van der Waals surface area (Å²) in [6, 6.07) is 0. The van der Waals surface area contributed by atoms with Crippen LogP contribution < -0.4 is 5.73 Å². The van der Waals surface area contributed by atoms with E-state index in [-0.39, 0.29) is 23.3 Å². The maximum Gasteiger partial charge on any atom is 0.223 e. The van der Waals surface area contributed by atoms with Crippen molar-refractivity contribution in [2.45, 2.75) is 46.6 Å². The molecule has 0 radical (unpaired) electrons. The van der Waals surface area contributed by atoms with Crippen molar-refractivity contribution in [3.05, 3.63) is 0 Å². The van der Waals surface area contributed by atoms with Gasteiger partial charge in [0, 0.05) is 0 Å². The molecule has 1 amide bonds. The van der Waals surface area contributed by atoms with Crippen LogP contribution in [0.2, 0.25) is 0 Å². The van der Waals surface area contributed by atoms with Crippen LogP contribution in [-0.4, -0.2) is 18.1 Å². The summed E-state index contributed by atoms with van der Waals surface area (Å²) in [5.74, 6) is -0.141. The Labute approximate surface area is 87.0 Å². The van der Waals surface area contributed by atoms with Crippen molar-refractivity contribution >= 4 is 5.91 Å². The molecule has 0 saturated heterocycles. The quantitative estimate of drug-likeness (QED) is 0.739. The minimum Gasteiger partial charge on any atom is -0.375 e. The van der Waals surface area contributed by atoms with Gasteiger partial charge in [-0.15, -0.1) is 0 Å². The summed E-state index contributed by atoms with van der Waals surface area (Å²) >= 11 is 0. The molecule has 0 aromatic rings. The van der Waals surface area contributed by atoms with Gasteiger partial charge in [-0.05, 0) is 26.7 Å². The van der Waals surface area contributed by atoms with Gasteiger partial charge in [-0.25, -0.2) is 0 Å². The first kappa shape index (κ1) is 13.4. The SMILES string of the molecule is CCC(C)[C@@H](COC(C)(C)C)C(N)=O. The fourth-order valence-electron chi connectivity index (χ4n) is 1.15. The smallest absolute Gasteiger partial charge is 0.223 e. The number of nitrogens with two attached hydrogens (primary N) is 1. The molecule has 84 valence electrons. The van der Waals surface area contributed by atoms with E-state index in [1.54, 1.807) is 0 Å². The van der Waals surface area contributed by atoms with Crippen LogP contribution in [0.4, 0.5) is 0 Å². The molecule has 1 unspecified atom stereocenters. The van der Waals surface area contributed by atoms with E-state index in [1.807, 2.05) is 27.7 Å². The van der Waals surface area contributed by atoms with Crippen molar-refractivity contribution in [3.8, 4) is 0 Å². The highest BCUT2D eigenvalue weighted by molar-refractivity contribution is 5.77. The van der Waals surface area contributed by atoms with E-state index < -0.39 is 0 Å². The lowest BCUT2D eigenvalue weighted by Crippen LogP contribution is -2.35. The van der Waals surface area contributed by atoms with Crippen LogP contribution in [-0.2, 0) is 9.53 Å². The van der Waals surface area contributed by atoms with Gasteiger partial charge in [-0.2, -0.15) is 0 Å². The second-order valence-electron chi connectivity index (χ2n) is 4.82. The van der Waals surface area contributed by atoms with Crippen LogP contribution in [0.1, 0.15) is 41.0 Å². The van der Waals surface area contributed by atoms with Gasteiger partial charge in [0.25, 0.3) is 0 Å². The maximum atomic E-state index is 11.2. The topological polar surface area (TPSA) is 52.3 Å². The molecule has 0 heterocycles. The normalized spacial score (nSPS) is 16.4. The molecule has 3 heteroatoms. The molecule has 0 aromatic heterocycles. The van der Waals surface area contributed by atoms with E-state index >= 15 is 0 Å². The number of carbonyl (C=O) groups is 1. The summed E-state index contributed by atoms with van der Waals surface area (Å²) in [5, 5.41) is 0. The molecule has 0 aromatic carbocycles. The summed E-state index contributed by atoms with van der Waals surface area (Å²) in [4.78, 5) is 11.2. The molecule has 2 atom stereocenters. The van der Waals surface area contributed by atoms with Crippen molar-refractivity contribution < 1.29 is 9.53 Å². The first-order valence-electron chi connectivity index (χ1n) is 5.21. The summed E-state index contributed by atoms with van der Waals surface area (Å²) in [5.41, 5.74) is 5.12. The highest BCUT2D eigenvalue weighted by atomic mass is 16.5. The second-order valence-corrected chi connectivity index (χ2v) is 4.82. The largest absolute Gasteiger partial charge is 0.375 e. The Morgan fingerprint density at radius 3 is 2.21 bits per heavy atom. The zero-order valence-electron chi connectivity index (χ0n) is 9.96. The van der Waals surface area contributed by atoms with Crippen molar-refractivity contribution in [2.24, 2.45) is 17.6 Å². The standard InChI is InChI=1S/C11H23NO2/c1-6-8(2)9(10(12)13)7-14-11(3,4)5/h8-9H,6-7H2,1-5H3,(H2,12,13)/t8?,9-/m1/s1. The highest BCUT2D eigenvalue weighted by Gasteiger charge is 2.24. The molecule has 3 nitrogen and oxygen atoms in total. The van der Waals surface area contributed by atoms with E-state index in [1.165, 1.54) is 0 Å². The van der Waals surface area contributed by atoms with Gasteiger partial charge in [-0.1, -0.05) is 20.3 Å². The third kappa shape index (κ3) is 5.22. The Kier molecular flexibility index (Phi) is 5.13. The fraction of sp³-hybridized carbons (Fsp3) is 0.909. The monoisotopic (exact) mass is 201 g/mol. The Morgan fingerprint density at radius 1 is 1.43 bits per heavy atom. The van der Waals surface area contributed by atoms with Crippen LogP contribution in [0.5, 0.6) is 0 Å². The first-order valence-corrected chi connectivity index (χ1v) is 5.21. The summed E-state index contributed by atoms with van der Waals surface area (Å²) in [6.07, 6.45) is 0.946. The van der Waals surface area contributed by atoms with Crippen LogP contribution in [0.3, 0.4) is 0 Å². The van der Waals surface area contributed by atoms with E-state index in [0.717, 1.165) is 6.42 Å². The zero-order chi connectivity index (χ0) is 11.4. The van der Waals surface area contributed by atoms with E-state index in [4.69, 9.17) is 10.5 Å². The van der Waals surface area contributed by atoms with E-state index in [0.29, 0.717) is 6.61 Å². The number of ether oxygens (including phenoxy) is 1. The number of primary amides is 1. The summed E-state index contributed by atoms with van der Waals surface area (Å²) in [7, 11) is 0. The molecule has 0 spiro atoms. The number of hydrogen-bond donors (Lipinski definition) is 1. The highest BCUT2D eigenvalue weighted by Crippen LogP contribution is 2.18. The molecule has 0 saturated carbocycles. The second kappa shape index (κ2) is 5.35. The fourth-order valence-corrected chi connectivity index (χ4v) is 1.15. The minimum absolute atomic E-state index is 0.167. The van der Waals surface area contributed by atoms with Gasteiger partial charge < -0.3 is 10.5 Å². The molecule has 0 aliphatic rings. The predicted octanol–water partition coefficient (Wildman–Crippen LogP) is 1.95. The maximum absolute atomic E-state index is 11.2. The zero-order valence-corrected chi connectivity index (χ0v) is 9.96. The molecular formula is C11H23NO2. The van der Waals surface area contributed by atoms with Crippen LogP contribution in [0.15, 0.2) is 0 Å². The molecule has 0 aliphatic carbocycles. The predicted molar refractivity (Wildman–Crippen MR) is 57.8 cm³/mol. The average molecular weight is 201 g/mol. The van der Waals surface area contributed by atoms with Gasteiger partial charge in [0.15, 0.2) is 0 Å². The Morgan fingerprint density at radius 2 is 1.93 bits per heavy atom. The molecule has 14 heavy (non-hydrogen) atoms. The lowest BCUT2D eigenvalue weighted by atomic mass is 9.92. The van der Waals surface area contributed by atoms with Crippen LogP contribution in [0, 0.1) is 11.8 Å². The third-order valence-corrected chi connectivity index (χ3v) is 2.39. The number of rotatable bonds is 5. The average Bonchev–Trinajstić information content (AvgIpc) is 2.01. The Hall–Kier alpha value is -0.570. The molecular weight excluding hydrogens is 178 g/mol.